The van der Waals surface area contributed by atoms with Crippen molar-refractivity contribution >= 4 is 17.2 Å². The Hall–Kier alpha value is -2.83. The van der Waals surface area contributed by atoms with E-state index in [2.05, 4.69) is 15.4 Å². The van der Waals surface area contributed by atoms with Crippen LogP contribution in [0.2, 0.25) is 0 Å². The SMILES string of the molecule is Cc1cc2nc(C(=O)Nc3c(F)cccc3F)cc(C)n2n1. The molecule has 0 saturated heterocycles. The van der Waals surface area contributed by atoms with Gasteiger partial charge in [0.05, 0.1) is 5.69 Å². The van der Waals surface area contributed by atoms with Crippen LogP contribution in [0, 0.1) is 25.5 Å². The summed E-state index contributed by atoms with van der Waals surface area (Å²) in [6.45, 7) is 3.57. The van der Waals surface area contributed by atoms with E-state index < -0.39 is 23.2 Å². The summed E-state index contributed by atoms with van der Waals surface area (Å²) >= 11 is 0. The Kier molecular flexibility index (Phi) is 3.32. The number of hydrogen-bond donors (Lipinski definition) is 1. The minimum Gasteiger partial charge on any atom is -0.316 e. The lowest BCUT2D eigenvalue weighted by Crippen LogP contribution is -2.17. The number of rotatable bonds is 2. The molecule has 22 heavy (non-hydrogen) atoms. The summed E-state index contributed by atoms with van der Waals surface area (Å²) in [7, 11) is 0. The van der Waals surface area contributed by atoms with Gasteiger partial charge in [0.1, 0.15) is 23.0 Å². The molecule has 2 heterocycles. The lowest BCUT2D eigenvalue weighted by molar-refractivity contribution is 0.102. The van der Waals surface area contributed by atoms with E-state index in [-0.39, 0.29) is 5.69 Å². The summed E-state index contributed by atoms with van der Waals surface area (Å²) in [5.41, 5.74) is 1.52. The third kappa shape index (κ3) is 2.41. The molecule has 0 saturated carbocycles. The molecule has 0 aliphatic heterocycles. The topological polar surface area (TPSA) is 59.3 Å². The van der Waals surface area contributed by atoms with E-state index in [1.54, 1.807) is 17.5 Å². The smallest absolute Gasteiger partial charge is 0.274 e. The highest BCUT2D eigenvalue weighted by molar-refractivity contribution is 6.03. The maximum atomic E-state index is 13.6. The summed E-state index contributed by atoms with van der Waals surface area (Å²) in [6.07, 6.45) is 0. The highest BCUT2D eigenvalue weighted by Gasteiger charge is 2.16. The molecule has 0 bridgehead atoms. The number of amides is 1. The molecule has 1 amide bonds. The molecule has 0 radical (unpaired) electrons. The molecule has 0 fully saturated rings. The summed E-state index contributed by atoms with van der Waals surface area (Å²) in [5, 5.41) is 6.44. The Morgan fingerprint density at radius 2 is 1.86 bits per heavy atom. The van der Waals surface area contributed by atoms with E-state index in [4.69, 9.17) is 0 Å². The number of fused-ring (bicyclic) bond motifs is 1. The minimum absolute atomic E-state index is 0.0625. The molecule has 0 aliphatic carbocycles. The van der Waals surface area contributed by atoms with Crippen molar-refractivity contribution in [2.75, 3.05) is 5.32 Å². The maximum absolute atomic E-state index is 13.6. The van der Waals surface area contributed by atoms with Gasteiger partial charge in [-0.15, -0.1) is 0 Å². The third-order valence-electron chi connectivity index (χ3n) is 3.16. The van der Waals surface area contributed by atoms with Gasteiger partial charge in [-0.05, 0) is 32.0 Å². The second kappa shape index (κ2) is 5.18. The van der Waals surface area contributed by atoms with Crippen LogP contribution in [0.3, 0.4) is 0 Å². The number of nitrogens with zero attached hydrogens (tertiary/aromatic N) is 3. The van der Waals surface area contributed by atoms with Crippen molar-refractivity contribution in [3.05, 3.63) is 59.0 Å². The molecule has 112 valence electrons. The largest absolute Gasteiger partial charge is 0.316 e. The first-order chi connectivity index (χ1) is 10.5. The summed E-state index contributed by atoms with van der Waals surface area (Å²) < 4.78 is 28.7. The highest BCUT2D eigenvalue weighted by atomic mass is 19.1. The van der Waals surface area contributed by atoms with Gasteiger partial charge in [0, 0.05) is 11.8 Å². The average molecular weight is 302 g/mol. The Balaban J connectivity index is 1.99. The van der Waals surface area contributed by atoms with E-state index >= 15 is 0 Å². The van der Waals surface area contributed by atoms with Crippen LogP contribution in [0.4, 0.5) is 14.5 Å². The van der Waals surface area contributed by atoms with Crippen molar-refractivity contribution in [3.8, 4) is 0 Å². The molecule has 0 spiro atoms. The standard InChI is InChI=1S/C15H12F2N4O/c1-8-6-13-18-12(7-9(2)21(13)20-8)15(22)19-14-10(16)4-3-5-11(14)17/h3-7H,1-2H3,(H,19,22). The van der Waals surface area contributed by atoms with E-state index in [1.165, 1.54) is 12.1 Å². The Morgan fingerprint density at radius 1 is 1.18 bits per heavy atom. The number of anilines is 1. The first-order valence-corrected chi connectivity index (χ1v) is 6.55. The number of hydrogen-bond acceptors (Lipinski definition) is 3. The number of benzene rings is 1. The molecule has 1 aromatic carbocycles. The van der Waals surface area contributed by atoms with E-state index in [1.807, 2.05) is 6.92 Å². The van der Waals surface area contributed by atoms with Crippen LogP contribution in [0.1, 0.15) is 21.9 Å². The van der Waals surface area contributed by atoms with Crippen LogP contribution >= 0.6 is 0 Å². The number of para-hydroxylation sites is 1. The molecule has 3 aromatic rings. The molecular formula is C15H12F2N4O. The summed E-state index contributed by atoms with van der Waals surface area (Å²) in [6, 6.07) is 6.59. The van der Waals surface area contributed by atoms with Crippen molar-refractivity contribution < 1.29 is 13.6 Å². The number of carbonyl (C=O) groups excluding carboxylic acids is 1. The first-order valence-electron chi connectivity index (χ1n) is 6.55. The van der Waals surface area contributed by atoms with Crippen molar-refractivity contribution in [2.24, 2.45) is 0 Å². The van der Waals surface area contributed by atoms with Crippen molar-refractivity contribution in [3.63, 3.8) is 0 Å². The lowest BCUT2D eigenvalue weighted by atomic mass is 10.2. The number of nitrogens with one attached hydrogen (secondary N) is 1. The van der Waals surface area contributed by atoms with Gasteiger partial charge in [-0.2, -0.15) is 5.10 Å². The zero-order valence-electron chi connectivity index (χ0n) is 11.9. The van der Waals surface area contributed by atoms with Gasteiger partial charge in [-0.1, -0.05) is 6.07 Å². The van der Waals surface area contributed by atoms with Gasteiger partial charge in [-0.3, -0.25) is 4.79 Å². The van der Waals surface area contributed by atoms with E-state index in [9.17, 15) is 13.6 Å². The Morgan fingerprint density at radius 3 is 2.55 bits per heavy atom. The van der Waals surface area contributed by atoms with Crippen molar-refractivity contribution in [1.82, 2.24) is 14.6 Å². The monoisotopic (exact) mass is 302 g/mol. The molecule has 2 aromatic heterocycles. The zero-order valence-corrected chi connectivity index (χ0v) is 11.9. The highest BCUT2D eigenvalue weighted by Crippen LogP contribution is 2.19. The van der Waals surface area contributed by atoms with Crippen LogP contribution in [0.5, 0.6) is 0 Å². The quantitative estimate of drug-likeness (QED) is 0.792. The van der Waals surface area contributed by atoms with Gasteiger partial charge in [0.2, 0.25) is 0 Å². The summed E-state index contributed by atoms with van der Waals surface area (Å²) in [4.78, 5) is 16.3. The average Bonchev–Trinajstić information content (AvgIpc) is 2.84. The van der Waals surface area contributed by atoms with Crippen molar-refractivity contribution in [1.29, 1.82) is 0 Å². The number of aromatic nitrogens is 3. The van der Waals surface area contributed by atoms with Crippen LogP contribution in [0.15, 0.2) is 30.3 Å². The number of halogens is 2. The number of carbonyl (C=O) groups is 1. The molecule has 0 aliphatic rings. The second-order valence-corrected chi connectivity index (χ2v) is 4.89. The minimum atomic E-state index is -0.841. The molecule has 5 nitrogen and oxygen atoms in total. The molecule has 0 atom stereocenters. The Labute approximate surface area is 124 Å². The fraction of sp³-hybridized carbons (Fsp3) is 0.133. The lowest BCUT2D eigenvalue weighted by Gasteiger charge is -2.08. The van der Waals surface area contributed by atoms with Crippen LogP contribution < -0.4 is 5.32 Å². The predicted octanol–water partition coefficient (Wildman–Crippen LogP) is 2.88. The maximum Gasteiger partial charge on any atom is 0.274 e. The molecule has 7 heteroatoms. The van der Waals surface area contributed by atoms with Gasteiger partial charge in [0.15, 0.2) is 5.65 Å². The van der Waals surface area contributed by atoms with Crippen LogP contribution in [-0.4, -0.2) is 20.5 Å². The van der Waals surface area contributed by atoms with Gasteiger partial charge in [-0.25, -0.2) is 18.3 Å². The third-order valence-corrected chi connectivity index (χ3v) is 3.16. The first kappa shape index (κ1) is 14.1. The summed E-state index contributed by atoms with van der Waals surface area (Å²) in [5.74, 6) is -2.37. The zero-order chi connectivity index (χ0) is 15.9. The predicted molar refractivity (Wildman–Crippen MR) is 76.8 cm³/mol. The molecule has 0 unspecified atom stereocenters. The molecular weight excluding hydrogens is 290 g/mol. The van der Waals surface area contributed by atoms with Gasteiger partial charge in [0.25, 0.3) is 5.91 Å². The fourth-order valence-electron chi connectivity index (χ4n) is 2.15. The van der Waals surface area contributed by atoms with E-state index in [0.29, 0.717) is 11.3 Å². The van der Waals surface area contributed by atoms with Gasteiger partial charge >= 0.3 is 0 Å². The van der Waals surface area contributed by atoms with Crippen molar-refractivity contribution in [2.45, 2.75) is 13.8 Å². The number of aryl methyl sites for hydroxylation is 2. The molecule has 1 N–H and O–H groups in total. The van der Waals surface area contributed by atoms with Crippen LogP contribution in [-0.2, 0) is 0 Å². The molecule has 3 rings (SSSR count). The van der Waals surface area contributed by atoms with Gasteiger partial charge < -0.3 is 5.32 Å². The normalized spacial score (nSPS) is 10.9. The fourth-order valence-corrected chi connectivity index (χ4v) is 2.15. The Bertz CT molecular complexity index is 868. The van der Waals surface area contributed by atoms with Crippen LogP contribution in [0.25, 0.3) is 5.65 Å². The second-order valence-electron chi connectivity index (χ2n) is 4.89. The van der Waals surface area contributed by atoms with E-state index in [0.717, 1.165) is 17.8 Å².